The van der Waals surface area contributed by atoms with Gasteiger partial charge in [0, 0.05) is 28.9 Å². The minimum absolute atomic E-state index is 0.252. The minimum atomic E-state index is -0.460. The molecule has 0 radical (unpaired) electrons. The number of benzene rings is 1. The lowest BCUT2D eigenvalue weighted by atomic mass is 10.3. The number of ether oxygens (including phenoxy) is 2. The average Bonchev–Trinajstić information content (AvgIpc) is 2.35. The fourth-order valence-electron chi connectivity index (χ4n) is 1.52. The van der Waals surface area contributed by atoms with Gasteiger partial charge < -0.3 is 20.1 Å². The summed E-state index contributed by atoms with van der Waals surface area (Å²) >= 11 is 11.7. The van der Waals surface area contributed by atoms with Gasteiger partial charge in [0.15, 0.2) is 6.29 Å². The number of carbonyl (C=O) groups is 1. The molecule has 2 amide bonds. The summed E-state index contributed by atoms with van der Waals surface area (Å²) in [5, 5.41) is 6.19. The maximum Gasteiger partial charge on any atom is 0.319 e. The quantitative estimate of drug-likeness (QED) is 0.756. The number of carbonyl (C=O) groups excluding carboxylic acids is 1. The number of anilines is 1. The zero-order chi connectivity index (χ0) is 15.0. The van der Waals surface area contributed by atoms with Gasteiger partial charge in [0.2, 0.25) is 0 Å². The summed E-state index contributed by atoms with van der Waals surface area (Å²) in [4.78, 5) is 11.7. The van der Waals surface area contributed by atoms with Gasteiger partial charge in [0.25, 0.3) is 0 Å². The Balaban J connectivity index is 2.46. The molecule has 0 unspecified atom stereocenters. The third-order valence-electron chi connectivity index (χ3n) is 2.25. The molecule has 7 heteroatoms. The van der Waals surface area contributed by atoms with Crippen LogP contribution in [0, 0.1) is 0 Å². The molecule has 0 bridgehead atoms. The Hall–Kier alpha value is -1.01. The minimum Gasteiger partial charge on any atom is -0.351 e. The number of hydrogen-bond donors (Lipinski definition) is 2. The molecule has 1 aromatic carbocycles. The van der Waals surface area contributed by atoms with Gasteiger partial charge >= 0.3 is 6.03 Å². The zero-order valence-corrected chi connectivity index (χ0v) is 12.9. The van der Waals surface area contributed by atoms with Crippen LogP contribution in [0.5, 0.6) is 0 Å². The van der Waals surface area contributed by atoms with Gasteiger partial charge in [-0.3, -0.25) is 0 Å². The van der Waals surface area contributed by atoms with Crippen LogP contribution < -0.4 is 10.6 Å². The van der Waals surface area contributed by atoms with Crippen LogP contribution in [-0.4, -0.2) is 32.1 Å². The van der Waals surface area contributed by atoms with Crippen molar-refractivity contribution in [1.82, 2.24) is 5.32 Å². The van der Waals surface area contributed by atoms with Crippen molar-refractivity contribution < 1.29 is 14.3 Å². The Labute approximate surface area is 128 Å². The topological polar surface area (TPSA) is 59.6 Å². The van der Waals surface area contributed by atoms with Crippen LogP contribution in [0.2, 0.25) is 10.0 Å². The summed E-state index contributed by atoms with van der Waals surface area (Å²) in [6.45, 7) is 5.00. The Kier molecular flexibility index (Phi) is 7.69. The monoisotopic (exact) mass is 320 g/mol. The molecule has 0 heterocycles. The number of halogens is 2. The molecular formula is C13H18Cl2N2O3. The van der Waals surface area contributed by atoms with E-state index in [1.807, 2.05) is 13.8 Å². The molecule has 0 fully saturated rings. The molecule has 0 saturated heterocycles. The molecule has 112 valence electrons. The summed E-state index contributed by atoms with van der Waals surface area (Å²) in [5.74, 6) is 0. The number of hydrogen-bond acceptors (Lipinski definition) is 3. The molecule has 1 aromatic rings. The largest absolute Gasteiger partial charge is 0.351 e. The zero-order valence-electron chi connectivity index (χ0n) is 11.4. The van der Waals surface area contributed by atoms with Crippen molar-refractivity contribution in [3.8, 4) is 0 Å². The smallest absolute Gasteiger partial charge is 0.319 e. The summed E-state index contributed by atoms with van der Waals surface area (Å²) in [7, 11) is 0. The maximum absolute atomic E-state index is 11.7. The summed E-state index contributed by atoms with van der Waals surface area (Å²) in [6, 6.07) is 4.42. The van der Waals surface area contributed by atoms with Crippen LogP contribution in [0.3, 0.4) is 0 Å². The van der Waals surface area contributed by atoms with Crippen molar-refractivity contribution >= 4 is 34.9 Å². The van der Waals surface area contributed by atoms with Crippen LogP contribution in [-0.2, 0) is 9.47 Å². The molecule has 0 aliphatic carbocycles. The third-order valence-corrected chi connectivity index (χ3v) is 2.69. The van der Waals surface area contributed by atoms with Crippen LogP contribution in [0.1, 0.15) is 13.8 Å². The lowest BCUT2D eigenvalue weighted by molar-refractivity contribution is -0.131. The van der Waals surface area contributed by atoms with E-state index in [-0.39, 0.29) is 12.6 Å². The third kappa shape index (κ3) is 6.43. The Morgan fingerprint density at radius 3 is 2.20 bits per heavy atom. The lowest BCUT2D eigenvalue weighted by Crippen LogP contribution is -2.37. The van der Waals surface area contributed by atoms with Crippen LogP contribution in [0.25, 0.3) is 0 Å². The second-order valence-electron chi connectivity index (χ2n) is 3.83. The van der Waals surface area contributed by atoms with Crippen molar-refractivity contribution in [1.29, 1.82) is 0 Å². The van der Waals surface area contributed by atoms with Gasteiger partial charge in [-0.05, 0) is 32.0 Å². The molecule has 0 spiro atoms. The Morgan fingerprint density at radius 2 is 1.70 bits per heavy atom. The van der Waals surface area contributed by atoms with Gasteiger partial charge in [-0.2, -0.15) is 0 Å². The highest BCUT2D eigenvalue weighted by Crippen LogP contribution is 2.22. The normalized spacial score (nSPS) is 10.7. The average molecular weight is 321 g/mol. The lowest BCUT2D eigenvalue weighted by Gasteiger charge is -2.17. The Morgan fingerprint density at radius 1 is 1.15 bits per heavy atom. The Bertz CT molecular complexity index is 417. The molecule has 1 rings (SSSR count). The van der Waals surface area contributed by atoms with Crippen molar-refractivity contribution in [2.75, 3.05) is 25.1 Å². The van der Waals surface area contributed by atoms with Gasteiger partial charge in [-0.25, -0.2) is 4.79 Å². The molecule has 0 aliphatic rings. The highest BCUT2D eigenvalue weighted by molar-refractivity contribution is 6.35. The van der Waals surface area contributed by atoms with Crippen LogP contribution >= 0.6 is 23.2 Å². The molecule has 20 heavy (non-hydrogen) atoms. The molecule has 0 aromatic heterocycles. The fourth-order valence-corrected chi connectivity index (χ4v) is 2.04. The first-order chi connectivity index (χ1) is 9.55. The van der Waals surface area contributed by atoms with Crippen molar-refractivity contribution in [3.05, 3.63) is 28.2 Å². The summed E-state index contributed by atoms with van der Waals surface area (Å²) < 4.78 is 10.6. The van der Waals surface area contributed by atoms with Crippen LogP contribution in [0.4, 0.5) is 10.5 Å². The van der Waals surface area contributed by atoms with E-state index in [4.69, 9.17) is 32.7 Å². The van der Waals surface area contributed by atoms with Gasteiger partial charge in [-0.15, -0.1) is 0 Å². The predicted molar refractivity (Wildman–Crippen MR) is 80.5 cm³/mol. The highest BCUT2D eigenvalue weighted by Gasteiger charge is 2.10. The number of nitrogens with one attached hydrogen (secondary N) is 2. The van der Waals surface area contributed by atoms with Crippen molar-refractivity contribution in [2.45, 2.75) is 20.1 Å². The molecule has 2 N–H and O–H groups in total. The summed E-state index contributed by atoms with van der Waals surface area (Å²) in [6.07, 6.45) is -0.460. The van der Waals surface area contributed by atoms with Crippen molar-refractivity contribution in [2.24, 2.45) is 0 Å². The molecular weight excluding hydrogens is 303 g/mol. The first kappa shape index (κ1) is 17.0. The number of urea groups is 1. The van der Waals surface area contributed by atoms with Crippen molar-refractivity contribution in [3.63, 3.8) is 0 Å². The first-order valence-electron chi connectivity index (χ1n) is 6.29. The van der Waals surface area contributed by atoms with E-state index in [2.05, 4.69) is 10.6 Å². The van der Waals surface area contributed by atoms with E-state index in [9.17, 15) is 4.79 Å². The molecule has 0 aliphatic heterocycles. The second-order valence-corrected chi connectivity index (χ2v) is 4.71. The van der Waals surface area contributed by atoms with E-state index in [0.717, 1.165) is 0 Å². The molecule has 0 saturated carbocycles. The van der Waals surface area contributed by atoms with Crippen LogP contribution in [0.15, 0.2) is 18.2 Å². The molecule has 5 nitrogen and oxygen atoms in total. The highest BCUT2D eigenvalue weighted by atomic mass is 35.5. The van der Waals surface area contributed by atoms with E-state index in [1.54, 1.807) is 18.2 Å². The van der Waals surface area contributed by atoms with Gasteiger partial charge in [0.05, 0.1) is 6.54 Å². The standard InChI is InChI=1S/C13H18Cl2N2O3/c1-3-19-12(20-4-2)8-16-13(18)17-11-6-9(14)5-10(15)7-11/h5-7,12H,3-4,8H2,1-2H3,(H2,16,17,18). The first-order valence-corrected chi connectivity index (χ1v) is 7.04. The molecule has 0 atom stereocenters. The van der Waals surface area contributed by atoms with E-state index in [0.29, 0.717) is 28.9 Å². The van der Waals surface area contributed by atoms with E-state index < -0.39 is 6.29 Å². The van der Waals surface area contributed by atoms with E-state index >= 15 is 0 Å². The fraction of sp³-hybridized carbons (Fsp3) is 0.462. The van der Waals surface area contributed by atoms with Gasteiger partial charge in [0.1, 0.15) is 0 Å². The maximum atomic E-state index is 11.7. The number of rotatable bonds is 7. The second kappa shape index (κ2) is 9.02. The SMILES string of the molecule is CCOC(CNC(=O)Nc1cc(Cl)cc(Cl)c1)OCC. The summed E-state index contributed by atoms with van der Waals surface area (Å²) in [5.41, 5.74) is 0.518. The van der Waals surface area contributed by atoms with E-state index in [1.165, 1.54) is 0 Å². The number of amides is 2. The predicted octanol–water partition coefficient (Wildman–Crippen LogP) is 3.51. The van der Waals surface area contributed by atoms with Gasteiger partial charge in [-0.1, -0.05) is 23.2 Å².